The van der Waals surface area contributed by atoms with E-state index in [9.17, 15) is 0 Å². The summed E-state index contributed by atoms with van der Waals surface area (Å²) in [5.74, 6) is 1.49. The molecule has 0 aromatic heterocycles. The lowest BCUT2D eigenvalue weighted by molar-refractivity contribution is 0.0849. The van der Waals surface area contributed by atoms with Gasteiger partial charge in [0.2, 0.25) is 0 Å². The molecule has 0 aliphatic heterocycles. The highest BCUT2D eigenvalue weighted by Gasteiger charge is 2.25. The van der Waals surface area contributed by atoms with Crippen LogP contribution in [0.25, 0.3) is 0 Å². The van der Waals surface area contributed by atoms with Crippen molar-refractivity contribution in [1.82, 2.24) is 0 Å². The number of hydrogen-bond donors (Lipinski definition) is 1. The number of rotatable bonds is 6. The van der Waals surface area contributed by atoms with E-state index in [1.807, 2.05) is 0 Å². The second-order valence-corrected chi connectivity index (χ2v) is 4.12. The number of unbranched alkanes of at least 4 members (excludes halogenated alkanes) is 1. The Labute approximate surface area is 81.8 Å². The molecule has 0 spiro atoms. The maximum atomic E-state index is 5.70. The SMILES string of the molecule is CCCCOCC1CCCC1CN. The first-order chi connectivity index (χ1) is 6.38. The van der Waals surface area contributed by atoms with Crippen molar-refractivity contribution in [3.8, 4) is 0 Å². The molecule has 2 N–H and O–H groups in total. The molecule has 2 heteroatoms. The molecule has 2 nitrogen and oxygen atoms in total. The van der Waals surface area contributed by atoms with Crippen LogP contribution in [-0.4, -0.2) is 19.8 Å². The van der Waals surface area contributed by atoms with Crippen molar-refractivity contribution in [2.45, 2.75) is 39.0 Å². The van der Waals surface area contributed by atoms with Gasteiger partial charge in [0, 0.05) is 13.2 Å². The second kappa shape index (κ2) is 6.39. The summed E-state index contributed by atoms with van der Waals surface area (Å²) in [7, 11) is 0. The van der Waals surface area contributed by atoms with Gasteiger partial charge in [-0.25, -0.2) is 0 Å². The van der Waals surface area contributed by atoms with E-state index >= 15 is 0 Å². The smallest absolute Gasteiger partial charge is 0.0497 e. The van der Waals surface area contributed by atoms with Crippen molar-refractivity contribution < 1.29 is 4.74 Å². The third-order valence-electron chi connectivity index (χ3n) is 3.09. The highest BCUT2D eigenvalue weighted by atomic mass is 16.5. The van der Waals surface area contributed by atoms with Gasteiger partial charge in [0.1, 0.15) is 0 Å². The van der Waals surface area contributed by atoms with Crippen LogP contribution >= 0.6 is 0 Å². The minimum Gasteiger partial charge on any atom is -0.381 e. The summed E-state index contributed by atoms with van der Waals surface area (Å²) in [5, 5.41) is 0. The molecule has 78 valence electrons. The van der Waals surface area contributed by atoms with Gasteiger partial charge in [-0.15, -0.1) is 0 Å². The fourth-order valence-electron chi connectivity index (χ4n) is 2.12. The molecule has 1 rings (SSSR count). The average Bonchev–Trinajstić information content (AvgIpc) is 2.60. The third kappa shape index (κ3) is 3.65. The first kappa shape index (κ1) is 11.0. The fourth-order valence-corrected chi connectivity index (χ4v) is 2.12. The minimum atomic E-state index is 0.738. The number of nitrogens with two attached hydrogens (primary N) is 1. The van der Waals surface area contributed by atoms with E-state index in [1.165, 1.54) is 32.1 Å². The topological polar surface area (TPSA) is 35.2 Å². The molecule has 2 atom stereocenters. The molecule has 2 unspecified atom stereocenters. The van der Waals surface area contributed by atoms with Gasteiger partial charge in [-0.3, -0.25) is 0 Å². The molecule has 0 aromatic rings. The zero-order valence-electron chi connectivity index (χ0n) is 8.80. The molecule has 1 aliphatic carbocycles. The van der Waals surface area contributed by atoms with Crippen LogP contribution in [-0.2, 0) is 4.74 Å². The maximum Gasteiger partial charge on any atom is 0.0497 e. The fraction of sp³-hybridized carbons (Fsp3) is 1.00. The van der Waals surface area contributed by atoms with Gasteiger partial charge in [-0.1, -0.05) is 19.8 Å². The van der Waals surface area contributed by atoms with Crippen molar-refractivity contribution in [2.75, 3.05) is 19.8 Å². The lowest BCUT2D eigenvalue weighted by atomic mass is 9.97. The van der Waals surface area contributed by atoms with Crippen LogP contribution in [0.1, 0.15) is 39.0 Å². The molecule has 0 radical (unpaired) electrons. The first-order valence-electron chi connectivity index (χ1n) is 5.66. The summed E-state index contributed by atoms with van der Waals surface area (Å²) in [6.45, 7) is 4.93. The van der Waals surface area contributed by atoms with Crippen LogP contribution in [0.5, 0.6) is 0 Å². The summed E-state index contributed by atoms with van der Waals surface area (Å²) >= 11 is 0. The van der Waals surface area contributed by atoms with E-state index in [0.717, 1.165) is 31.6 Å². The maximum absolute atomic E-state index is 5.70. The summed E-state index contributed by atoms with van der Waals surface area (Å²) in [4.78, 5) is 0. The summed E-state index contributed by atoms with van der Waals surface area (Å²) in [6.07, 6.45) is 6.42. The molecule has 1 saturated carbocycles. The molecule has 1 fully saturated rings. The van der Waals surface area contributed by atoms with E-state index in [1.54, 1.807) is 0 Å². The van der Waals surface area contributed by atoms with Crippen LogP contribution < -0.4 is 5.73 Å². The predicted molar refractivity (Wildman–Crippen MR) is 55.6 cm³/mol. The summed E-state index contributed by atoms with van der Waals surface area (Å²) in [6, 6.07) is 0. The third-order valence-corrected chi connectivity index (χ3v) is 3.09. The zero-order chi connectivity index (χ0) is 9.52. The molecule has 0 amide bonds. The Hall–Kier alpha value is -0.0800. The summed E-state index contributed by atoms with van der Waals surface area (Å²) < 4.78 is 5.63. The van der Waals surface area contributed by atoms with Crippen molar-refractivity contribution in [3.05, 3.63) is 0 Å². The van der Waals surface area contributed by atoms with E-state index in [4.69, 9.17) is 10.5 Å². The van der Waals surface area contributed by atoms with Crippen molar-refractivity contribution in [3.63, 3.8) is 0 Å². The standard InChI is InChI=1S/C11H23NO/c1-2-3-7-13-9-11-6-4-5-10(11)8-12/h10-11H,2-9,12H2,1H3. The molecular formula is C11H23NO. The van der Waals surface area contributed by atoms with Crippen molar-refractivity contribution >= 4 is 0 Å². The van der Waals surface area contributed by atoms with Gasteiger partial charge >= 0.3 is 0 Å². The van der Waals surface area contributed by atoms with E-state index in [2.05, 4.69) is 6.92 Å². The average molecular weight is 185 g/mol. The van der Waals surface area contributed by atoms with Gasteiger partial charge in [0.25, 0.3) is 0 Å². The molecule has 1 aliphatic rings. The van der Waals surface area contributed by atoms with Gasteiger partial charge < -0.3 is 10.5 Å². The Balaban J connectivity index is 2.06. The largest absolute Gasteiger partial charge is 0.381 e. The van der Waals surface area contributed by atoms with Gasteiger partial charge in [0.15, 0.2) is 0 Å². The molecule has 0 heterocycles. The quantitative estimate of drug-likeness (QED) is 0.644. The Morgan fingerprint density at radius 2 is 2.08 bits per heavy atom. The van der Waals surface area contributed by atoms with Crippen LogP contribution in [0.3, 0.4) is 0 Å². The van der Waals surface area contributed by atoms with Crippen LogP contribution in [0.2, 0.25) is 0 Å². The van der Waals surface area contributed by atoms with Gasteiger partial charge in [0.05, 0.1) is 0 Å². The lowest BCUT2D eigenvalue weighted by Gasteiger charge is -2.17. The van der Waals surface area contributed by atoms with Crippen molar-refractivity contribution in [2.24, 2.45) is 17.6 Å². The Bertz CT molecular complexity index is 127. The number of ether oxygens (including phenoxy) is 1. The Morgan fingerprint density at radius 1 is 1.31 bits per heavy atom. The molecule has 0 saturated heterocycles. The van der Waals surface area contributed by atoms with Gasteiger partial charge in [-0.05, 0) is 37.6 Å². The minimum absolute atomic E-state index is 0.738. The highest BCUT2D eigenvalue weighted by Crippen LogP contribution is 2.30. The second-order valence-electron chi connectivity index (χ2n) is 4.12. The highest BCUT2D eigenvalue weighted by molar-refractivity contribution is 4.77. The van der Waals surface area contributed by atoms with Crippen LogP contribution in [0.15, 0.2) is 0 Å². The van der Waals surface area contributed by atoms with Gasteiger partial charge in [-0.2, -0.15) is 0 Å². The Morgan fingerprint density at radius 3 is 2.77 bits per heavy atom. The molecular weight excluding hydrogens is 162 g/mol. The van der Waals surface area contributed by atoms with E-state index < -0.39 is 0 Å². The normalized spacial score (nSPS) is 28.2. The molecule has 13 heavy (non-hydrogen) atoms. The number of hydrogen-bond acceptors (Lipinski definition) is 2. The summed E-state index contributed by atoms with van der Waals surface area (Å²) in [5.41, 5.74) is 5.70. The van der Waals surface area contributed by atoms with E-state index in [-0.39, 0.29) is 0 Å². The monoisotopic (exact) mass is 185 g/mol. The van der Waals surface area contributed by atoms with Crippen LogP contribution in [0, 0.1) is 11.8 Å². The van der Waals surface area contributed by atoms with Crippen LogP contribution in [0.4, 0.5) is 0 Å². The zero-order valence-corrected chi connectivity index (χ0v) is 8.80. The van der Waals surface area contributed by atoms with Crippen molar-refractivity contribution in [1.29, 1.82) is 0 Å². The predicted octanol–water partition coefficient (Wildman–Crippen LogP) is 2.18. The lowest BCUT2D eigenvalue weighted by Crippen LogP contribution is -2.22. The first-order valence-corrected chi connectivity index (χ1v) is 5.66. The molecule has 0 bridgehead atoms. The van der Waals surface area contributed by atoms with E-state index in [0.29, 0.717) is 0 Å². The Kier molecular flexibility index (Phi) is 5.40. The molecule has 0 aromatic carbocycles.